The minimum atomic E-state index is -0.504. The lowest BCUT2D eigenvalue weighted by Gasteiger charge is -2.19. The fourth-order valence-corrected chi connectivity index (χ4v) is 1.82. The van der Waals surface area contributed by atoms with Gasteiger partial charge in [-0.2, -0.15) is 0 Å². The van der Waals surface area contributed by atoms with Crippen LogP contribution in [0.5, 0.6) is 5.75 Å². The quantitative estimate of drug-likeness (QED) is 0.807. The van der Waals surface area contributed by atoms with E-state index in [9.17, 15) is 4.79 Å². The van der Waals surface area contributed by atoms with Crippen molar-refractivity contribution < 1.29 is 14.3 Å². The maximum absolute atomic E-state index is 11.5. The molecule has 1 aliphatic rings. The number of rotatable bonds is 1. The van der Waals surface area contributed by atoms with E-state index >= 15 is 0 Å². The Hall–Kier alpha value is -2.41. The predicted octanol–water partition coefficient (Wildman–Crippen LogP) is 2.97. The van der Waals surface area contributed by atoms with Crippen molar-refractivity contribution in [3.63, 3.8) is 0 Å². The smallest absolute Gasteiger partial charge is 0.408 e. The third kappa shape index (κ3) is 4.57. The molecule has 1 aromatic carbocycles. The molecule has 0 atom stereocenters. The molecule has 21 heavy (non-hydrogen) atoms. The van der Waals surface area contributed by atoms with Gasteiger partial charge in [-0.3, -0.25) is 0 Å². The van der Waals surface area contributed by atoms with Gasteiger partial charge in [0.2, 0.25) is 0 Å². The van der Waals surface area contributed by atoms with Gasteiger partial charge in [-0.25, -0.2) is 4.79 Å². The van der Waals surface area contributed by atoms with Gasteiger partial charge in [0.05, 0.1) is 12.1 Å². The first-order valence-corrected chi connectivity index (χ1v) is 6.84. The van der Waals surface area contributed by atoms with Crippen LogP contribution in [0.1, 0.15) is 31.9 Å². The number of fused-ring (bicyclic) bond motifs is 1. The molecule has 0 saturated heterocycles. The molecule has 1 amide bonds. The van der Waals surface area contributed by atoms with Crippen LogP contribution in [0.15, 0.2) is 24.3 Å². The number of carbonyl (C=O) groups excluding carboxylic acids is 1. The van der Waals surface area contributed by atoms with E-state index in [0.717, 1.165) is 16.9 Å². The number of alkyl carbamates (subject to hydrolysis) is 1. The first-order valence-electron chi connectivity index (χ1n) is 6.84. The summed E-state index contributed by atoms with van der Waals surface area (Å²) in [6.07, 6.45) is 3.51. The highest BCUT2D eigenvalue weighted by Crippen LogP contribution is 2.27. The molecular weight excluding hydrogens is 266 g/mol. The number of carbonyl (C=O) groups is 1. The minimum Gasteiger partial charge on any atom is -0.488 e. The van der Waals surface area contributed by atoms with Crippen molar-refractivity contribution in [3.8, 4) is 17.6 Å². The fraction of sp³-hybridized carbons (Fsp3) is 0.353. The summed E-state index contributed by atoms with van der Waals surface area (Å²) in [6, 6.07) is 5.82. The molecule has 1 N–H and O–H groups in total. The molecule has 0 fully saturated rings. The molecule has 1 aliphatic heterocycles. The van der Waals surface area contributed by atoms with Gasteiger partial charge in [0.15, 0.2) is 0 Å². The largest absolute Gasteiger partial charge is 0.488 e. The summed E-state index contributed by atoms with van der Waals surface area (Å²) in [5.74, 6) is 6.71. The predicted molar refractivity (Wildman–Crippen MR) is 82.1 cm³/mol. The molecule has 1 aromatic rings. The van der Waals surface area contributed by atoms with Crippen LogP contribution in [0.2, 0.25) is 0 Å². The van der Waals surface area contributed by atoms with E-state index < -0.39 is 11.7 Å². The fourth-order valence-electron chi connectivity index (χ4n) is 1.82. The van der Waals surface area contributed by atoms with Gasteiger partial charge < -0.3 is 14.8 Å². The molecule has 0 unspecified atom stereocenters. The van der Waals surface area contributed by atoms with Gasteiger partial charge in [0.1, 0.15) is 18.0 Å². The number of hydrogen-bond donors (Lipinski definition) is 1. The van der Waals surface area contributed by atoms with Crippen molar-refractivity contribution in [2.45, 2.75) is 26.4 Å². The number of hydrogen-bond acceptors (Lipinski definition) is 3. The number of para-hydroxylation sites is 1. The first-order chi connectivity index (χ1) is 9.96. The van der Waals surface area contributed by atoms with Crippen molar-refractivity contribution in [1.82, 2.24) is 5.32 Å². The zero-order valence-corrected chi connectivity index (χ0v) is 12.5. The summed E-state index contributed by atoms with van der Waals surface area (Å²) >= 11 is 0. The van der Waals surface area contributed by atoms with E-state index in [0.29, 0.717) is 6.61 Å². The van der Waals surface area contributed by atoms with E-state index in [1.165, 1.54) is 0 Å². The molecule has 4 nitrogen and oxygen atoms in total. The van der Waals surface area contributed by atoms with E-state index in [-0.39, 0.29) is 6.54 Å². The van der Waals surface area contributed by atoms with Gasteiger partial charge in [-0.15, -0.1) is 0 Å². The van der Waals surface area contributed by atoms with Crippen molar-refractivity contribution in [2.75, 3.05) is 13.2 Å². The summed E-state index contributed by atoms with van der Waals surface area (Å²) < 4.78 is 10.7. The Morgan fingerprint density at radius 3 is 3.00 bits per heavy atom. The molecule has 0 aromatic heterocycles. The maximum Gasteiger partial charge on any atom is 0.408 e. The Balaban J connectivity index is 1.95. The van der Waals surface area contributed by atoms with Crippen LogP contribution in [-0.4, -0.2) is 24.8 Å². The van der Waals surface area contributed by atoms with Crippen LogP contribution >= 0.6 is 0 Å². The highest BCUT2D eigenvalue weighted by atomic mass is 16.6. The van der Waals surface area contributed by atoms with Crippen LogP contribution in [0.3, 0.4) is 0 Å². The summed E-state index contributed by atoms with van der Waals surface area (Å²) in [7, 11) is 0. The van der Waals surface area contributed by atoms with Crippen LogP contribution < -0.4 is 10.1 Å². The number of nitrogens with one attached hydrogen (secondary N) is 1. The summed E-state index contributed by atoms with van der Waals surface area (Å²) in [5.41, 5.74) is 1.34. The average molecular weight is 285 g/mol. The van der Waals surface area contributed by atoms with Crippen molar-refractivity contribution in [1.29, 1.82) is 0 Å². The van der Waals surface area contributed by atoms with Crippen LogP contribution in [0.25, 0.3) is 6.08 Å². The number of benzene rings is 1. The average Bonchev–Trinajstić information content (AvgIpc) is 2.42. The zero-order chi connectivity index (χ0) is 15.3. The summed E-state index contributed by atoms with van der Waals surface area (Å²) in [5, 5.41) is 2.60. The standard InChI is InChI=1S/C17H19NO3/c1-17(2,3)21-16(19)18-11-5-9-13-7-4-8-14-10-6-12-20-15(13)14/h4,6-8,10H,11-12H2,1-3H3,(H,18,19). The second-order valence-electron chi connectivity index (χ2n) is 5.59. The van der Waals surface area contributed by atoms with Crippen LogP contribution in [0.4, 0.5) is 4.79 Å². The second kappa shape index (κ2) is 6.36. The van der Waals surface area contributed by atoms with Gasteiger partial charge in [0.25, 0.3) is 0 Å². The lowest BCUT2D eigenvalue weighted by Crippen LogP contribution is -2.32. The Bertz CT molecular complexity index is 615. The Kier molecular flexibility index (Phi) is 4.54. The van der Waals surface area contributed by atoms with Gasteiger partial charge in [-0.1, -0.05) is 30.0 Å². The van der Waals surface area contributed by atoms with Gasteiger partial charge in [0, 0.05) is 5.56 Å². The van der Waals surface area contributed by atoms with Crippen molar-refractivity contribution in [3.05, 3.63) is 35.4 Å². The maximum atomic E-state index is 11.5. The summed E-state index contributed by atoms with van der Waals surface area (Å²) in [4.78, 5) is 11.5. The minimum absolute atomic E-state index is 0.231. The van der Waals surface area contributed by atoms with E-state index in [2.05, 4.69) is 17.2 Å². The second-order valence-corrected chi connectivity index (χ2v) is 5.59. The third-order valence-electron chi connectivity index (χ3n) is 2.61. The van der Waals surface area contributed by atoms with E-state index in [1.54, 1.807) is 0 Å². The molecule has 4 heteroatoms. The topological polar surface area (TPSA) is 47.6 Å². The lowest BCUT2D eigenvalue weighted by molar-refractivity contribution is 0.0535. The summed E-state index contributed by atoms with van der Waals surface area (Å²) in [6.45, 7) is 6.24. The Morgan fingerprint density at radius 1 is 1.43 bits per heavy atom. The highest BCUT2D eigenvalue weighted by Gasteiger charge is 2.15. The van der Waals surface area contributed by atoms with E-state index in [4.69, 9.17) is 9.47 Å². The molecule has 0 saturated carbocycles. The first kappa shape index (κ1) is 15.0. The third-order valence-corrected chi connectivity index (χ3v) is 2.61. The molecule has 0 bridgehead atoms. The zero-order valence-electron chi connectivity index (χ0n) is 12.5. The molecule has 0 radical (unpaired) electrons. The van der Waals surface area contributed by atoms with Gasteiger partial charge in [-0.05, 0) is 32.9 Å². The molecular formula is C17H19NO3. The number of ether oxygens (including phenoxy) is 2. The molecule has 0 aliphatic carbocycles. The Labute approximate surface area is 125 Å². The number of amides is 1. The lowest BCUT2D eigenvalue weighted by atomic mass is 10.1. The molecule has 110 valence electrons. The molecule has 0 spiro atoms. The van der Waals surface area contributed by atoms with Gasteiger partial charge >= 0.3 is 6.09 Å². The van der Waals surface area contributed by atoms with Crippen molar-refractivity contribution >= 4 is 12.2 Å². The monoisotopic (exact) mass is 285 g/mol. The normalized spacial score (nSPS) is 12.5. The molecule has 1 heterocycles. The highest BCUT2D eigenvalue weighted by molar-refractivity contribution is 5.68. The van der Waals surface area contributed by atoms with E-state index in [1.807, 2.05) is 51.1 Å². The van der Waals surface area contributed by atoms with Crippen LogP contribution in [-0.2, 0) is 4.74 Å². The Morgan fingerprint density at radius 2 is 2.24 bits per heavy atom. The van der Waals surface area contributed by atoms with Crippen molar-refractivity contribution in [2.24, 2.45) is 0 Å². The molecule has 2 rings (SSSR count). The van der Waals surface area contributed by atoms with Crippen LogP contribution in [0, 0.1) is 11.8 Å². The SMILES string of the molecule is CC(C)(C)OC(=O)NCC#Cc1cccc2c1OCC=C2.